The molecule has 1 aliphatic heterocycles. The average molecular weight is 305 g/mol. The van der Waals surface area contributed by atoms with Crippen LogP contribution < -0.4 is 10.6 Å². The van der Waals surface area contributed by atoms with E-state index in [1.165, 1.54) is 0 Å². The first-order chi connectivity index (χ1) is 10.4. The number of amides is 3. The first-order valence-corrected chi connectivity index (χ1v) is 7.79. The molecule has 2 N–H and O–H groups in total. The summed E-state index contributed by atoms with van der Waals surface area (Å²) in [5.41, 5.74) is 0.952. The second kappa shape index (κ2) is 5.62. The Kier molecular flexibility index (Phi) is 3.80. The maximum atomic E-state index is 12.1. The lowest BCUT2D eigenvalue weighted by atomic mass is 10.2. The fraction of sp³-hybridized carbons (Fsp3) is 0.667. The normalized spacial score (nSPS) is 28.6. The zero-order valence-electron chi connectivity index (χ0n) is 13.2. The van der Waals surface area contributed by atoms with Crippen LogP contribution in [-0.2, 0) is 11.8 Å². The van der Waals surface area contributed by atoms with Gasteiger partial charge >= 0.3 is 6.03 Å². The summed E-state index contributed by atoms with van der Waals surface area (Å²) in [5, 5.41) is 9.89. The molecule has 120 valence electrons. The SMILES string of the molecule is CC(NC(=O)NC1CC(=O)N(C2CC2C)C1)c1cnn(C)c1. The molecule has 3 rings (SSSR count). The zero-order chi connectivity index (χ0) is 15.9. The van der Waals surface area contributed by atoms with Gasteiger partial charge in [0.05, 0.1) is 18.3 Å². The molecule has 2 heterocycles. The van der Waals surface area contributed by atoms with Gasteiger partial charge in [-0.25, -0.2) is 4.79 Å². The minimum absolute atomic E-state index is 0.0959. The number of hydrogen-bond acceptors (Lipinski definition) is 3. The van der Waals surface area contributed by atoms with Gasteiger partial charge in [-0.05, 0) is 19.3 Å². The van der Waals surface area contributed by atoms with Crippen LogP contribution in [0.5, 0.6) is 0 Å². The van der Waals surface area contributed by atoms with Crippen molar-refractivity contribution in [3.05, 3.63) is 18.0 Å². The Morgan fingerprint density at radius 2 is 2.23 bits per heavy atom. The van der Waals surface area contributed by atoms with Crippen LogP contribution in [0.15, 0.2) is 12.4 Å². The van der Waals surface area contributed by atoms with E-state index in [0.29, 0.717) is 24.9 Å². The third kappa shape index (κ3) is 3.08. The van der Waals surface area contributed by atoms with E-state index in [4.69, 9.17) is 0 Å². The summed E-state index contributed by atoms with van der Waals surface area (Å²) in [6.45, 7) is 4.69. The molecule has 0 bridgehead atoms. The molecule has 0 radical (unpaired) electrons. The van der Waals surface area contributed by atoms with Gasteiger partial charge in [0.1, 0.15) is 0 Å². The first kappa shape index (κ1) is 14.9. The Hall–Kier alpha value is -2.05. The van der Waals surface area contributed by atoms with E-state index in [2.05, 4.69) is 22.7 Å². The van der Waals surface area contributed by atoms with E-state index in [1.807, 2.05) is 25.1 Å². The number of nitrogens with zero attached hydrogens (tertiary/aromatic N) is 3. The Morgan fingerprint density at radius 1 is 1.50 bits per heavy atom. The molecule has 1 aliphatic carbocycles. The van der Waals surface area contributed by atoms with Gasteiger partial charge in [-0.3, -0.25) is 9.48 Å². The molecule has 0 spiro atoms. The predicted octanol–water partition coefficient (Wildman–Crippen LogP) is 0.790. The lowest BCUT2D eigenvalue weighted by molar-refractivity contribution is -0.128. The van der Waals surface area contributed by atoms with Gasteiger partial charge in [-0.1, -0.05) is 6.92 Å². The van der Waals surface area contributed by atoms with Gasteiger partial charge in [0.2, 0.25) is 5.91 Å². The molecule has 7 nitrogen and oxygen atoms in total. The van der Waals surface area contributed by atoms with Gasteiger partial charge in [-0.15, -0.1) is 0 Å². The summed E-state index contributed by atoms with van der Waals surface area (Å²) in [5.74, 6) is 0.752. The monoisotopic (exact) mass is 305 g/mol. The van der Waals surface area contributed by atoms with Crippen molar-refractivity contribution in [1.82, 2.24) is 25.3 Å². The maximum absolute atomic E-state index is 12.1. The lowest BCUT2D eigenvalue weighted by Crippen LogP contribution is -2.44. The van der Waals surface area contributed by atoms with Crippen LogP contribution in [0.3, 0.4) is 0 Å². The van der Waals surface area contributed by atoms with Crippen molar-refractivity contribution in [2.24, 2.45) is 13.0 Å². The topological polar surface area (TPSA) is 79.3 Å². The number of likely N-dealkylation sites (tertiary alicyclic amines) is 1. The number of carbonyl (C=O) groups is 2. The number of carbonyl (C=O) groups excluding carboxylic acids is 2. The lowest BCUT2D eigenvalue weighted by Gasteiger charge is -2.18. The molecule has 1 aromatic rings. The minimum atomic E-state index is -0.236. The molecule has 1 saturated carbocycles. The summed E-state index contributed by atoms with van der Waals surface area (Å²) in [6, 6.07) is -0.0664. The van der Waals surface area contributed by atoms with Crippen molar-refractivity contribution in [2.45, 2.75) is 44.8 Å². The highest BCUT2D eigenvalue weighted by Gasteiger charge is 2.44. The van der Waals surface area contributed by atoms with E-state index in [9.17, 15) is 9.59 Å². The highest BCUT2D eigenvalue weighted by Crippen LogP contribution is 2.37. The zero-order valence-corrected chi connectivity index (χ0v) is 13.2. The second-order valence-electron chi connectivity index (χ2n) is 6.51. The van der Waals surface area contributed by atoms with Gasteiger partial charge < -0.3 is 15.5 Å². The van der Waals surface area contributed by atoms with Gasteiger partial charge in [0, 0.05) is 37.8 Å². The van der Waals surface area contributed by atoms with Crippen molar-refractivity contribution in [1.29, 1.82) is 0 Å². The van der Waals surface area contributed by atoms with E-state index in [1.54, 1.807) is 10.9 Å². The molecular weight excluding hydrogens is 282 g/mol. The van der Waals surface area contributed by atoms with E-state index in [-0.39, 0.29) is 24.0 Å². The smallest absolute Gasteiger partial charge is 0.315 e. The molecule has 1 saturated heterocycles. The van der Waals surface area contributed by atoms with Crippen molar-refractivity contribution in [3.63, 3.8) is 0 Å². The van der Waals surface area contributed by atoms with Gasteiger partial charge in [0.25, 0.3) is 0 Å². The molecule has 1 aromatic heterocycles. The van der Waals surface area contributed by atoms with Crippen LogP contribution in [0.2, 0.25) is 0 Å². The Labute approximate surface area is 130 Å². The van der Waals surface area contributed by atoms with E-state index >= 15 is 0 Å². The molecule has 7 heteroatoms. The number of rotatable bonds is 4. The molecule has 4 unspecified atom stereocenters. The highest BCUT2D eigenvalue weighted by atomic mass is 16.2. The van der Waals surface area contributed by atoms with Crippen molar-refractivity contribution in [3.8, 4) is 0 Å². The number of urea groups is 1. The van der Waals surface area contributed by atoms with Crippen LogP contribution in [0.1, 0.15) is 38.3 Å². The number of hydrogen-bond donors (Lipinski definition) is 2. The third-order valence-electron chi connectivity index (χ3n) is 4.53. The summed E-state index contributed by atoms with van der Waals surface area (Å²) in [6.07, 6.45) is 5.10. The standard InChI is InChI=1S/C15H23N5O2/c1-9-4-13(9)20-8-12(5-14(20)21)18-15(22)17-10(2)11-6-16-19(3)7-11/h6-7,9-10,12-13H,4-5,8H2,1-3H3,(H2,17,18,22). The predicted molar refractivity (Wildman–Crippen MR) is 81.0 cm³/mol. The average Bonchev–Trinajstić information content (AvgIpc) is 2.82. The minimum Gasteiger partial charge on any atom is -0.337 e. The van der Waals surface area contributed by atoms with E-state index < -0.39 is 0 Å². The van der Waals surface area contributed by atoms with Crippen LogP contribution in [0.4, 0.5) is 4.79 Å². The summed E-state index contributed by atoms with van der Waals surface area (Å²) < 4.78 is 1.70. The summed E-state index contributed by atoms with van der Waals surface area (Å²) in [4.78, 5) is 26.0. The van der Waals surface area contributed by atoms with Crippen LogP contribution in [0, 0.1) is 5.92 Å². The molecule has 3 amide bonds. The Bertz CT molecular complexity index is 584. The molecule has 22 heavy (non-hydrogen) atoms. The number of aromatic nitrogens is 2. The fourth-order valence-electron chi connectivity index (χ4n) is 3.06. The molecule has 2 aliphatic rings. The van der Waals surface area contributed by atoms with Crippen LogP contribution in [0.25, 0.3) is 0 Å². The van der Waals surface area contributed by atoms with E-state index in [0.717, 1.165) is 12.0 Å². The van der Waals surface area contributed by atoms with Crippen molar-refractivity contribution < 1.29 is 9.59 Å². The number of nitrogens with one attached hydrogen (secondary N) is 2. The first-order valence-electron chi connectivity index (χ1n) is 7.79. The number of aryl methyl sites for hydroxylation is 1. The summed E-state index contributed by atoms with van der Waals surface area (Å²) >= 11 is 0. The molecule has 0 aromatic carbocycles. The van der Waals surface area contributed by atoms with Crippen LogP contribution in [-0.4, -0.2) is 45.2 Å². The van der Waals surface area contributed by atoms with Crippen LogP contribution >= 0.6 is 0 Å². The maximum Gasteiger partial charge on any atom is 0.315 e. The molecule has 4 atom stereocenters. The highest BCUT2D eigenvalue weighted by molar-refractivity contribution is 5.82. The second-order valence-corrected chi connectivity index (χ2v) is 6.51. The fourth-order valence-corrected chi connectivity index (χ4v) is 3.06. The molecule has 2 fully saturated rings. The Balaban J connectivity index is 1.49. The van der Waals surface area contributed by atoms with Crippen molar-refractivity contribution >= 4 is 11.9 Å². The molecular formula is C15H23N5O2. The van der Waals surface area contributed by atoms with Gasteiger partial charge in [-0.2, -0.15) is 5.10 Å². The quantitative estimate of drug-likeness (QED) is 0.863. The third-order valence-corrected chi connectivity index (χ3v) is 4.53. The van der Waals surface area contributed by atoms with Crippen molar-refractivity contribution in [2.75, 3.05) is 6.54 Å². The largest absolute Gasteiger partial charge is 0.337 e. The Morgan fingerprint density at radius 3 is 2.82 bits per heavy atom. The summed E-state index contributed by atoms with van der Waals surface area (Å²) in [7, 11) is 1.84. The van der Waals surface area contributed by atoms with Gasteiger partial charge in [0.15, 0.2) is 0 Å².